The summed E-state index contributed by atoms with van der Waals surface area (Å²) in [5.74, 6) is -0.212. The van der Waals surface area contributed by atoms with Gasteiger partial charge in [-0.1, -0.05) is 17.8 Å². The molecule has 2 rings (SSSR count). The molecule has 1 aromatic carbocycles. The zero-order chi connectivity index (χ0) is 18.8. The maximum atomic E-state index is 12.5. The molecule has 0 aliphatic carbocycles. The first-order valence-electron chi connectivity index (χ1n) is 7.61. The van der Waals surface area contributed by atoms with Crippen molar-refractivity contribution in [3.63, 3.8) is 0 Å². The van der Waals surface area contributed by atoms with Gasteiger partial charge in [-0.3, -0.25) is 4.79 Å². The van der Waals surface area contributed by atoms with Crippen LogP contribution in [0.3, 0.4) is 0 Å². The third-order valence-electron chi connectivity index (χ3n) is 3.67. The first-order valence-corrected chi connectivity index (χ1v) is 9.93. The smallest absolute Gasteiger partial charge is 0.242 e. The molecule has 1 atom stereocenters. The van der Waals surface area contributed by atoms with Crippen molar-refractivity contribution in [2.45, 2.75) is 29.1 Å². The molecule has 0 saturated heterocycles. The summed E-state index contributed by atoms with van der Waals surface area (Å²) < 4.78 is 27.5. The fourth-order valence-electron chi connectivity index (χ4n) is 2.02. The van der Waals surface area contributed by atoms with Gasteiger partial charge in [-0.25, -0.2) is 17.7 Å². The minimum Gasteiger partial charge on any atom is -0.329 e. The molecule has 136 valence electrons. The number of aryl methyl sites for hydroxylation is 2. The van der Waals surface area contributed by atoms with Crippen LogP contribution in [0.2, 0.25) is 0 Å². The van der Waals surface area contributed by atoms with E-state index in [0.29, 0.717) is 5.69 Å². The SMILES string of the molecule is Cc1ccc(S(=O)(=O)N(C)C)cc1NC(=O)C(C)Sc1nccn1C. The van der Waals surface area contributed by atoms with E-state index in [-0.39, 0.29) is 16.1 Å². The molecule has 1 amide bonds. The number of thioether (sulfide) groups is 1. The predicted molar refractivity (Wildman–Crippen MR) is 99.2 cm³/mol. The lowest BCUT2D eigenvalue weighted by atomic mass is 10.2. The maximum Gasteiger partial charge on any atom is 0.242 e. The van der Waals surface area contributed by atoms with E-state index in [9.17, 15) is 13.2 Å². The van der Waals surface area contributed by atoms with E-state index in [1.54, 1.807) is 19.2 Å². The first kappa shape index (κ1) is 19.5. The van der Waals surface area contributed by atoms with Gasteiger partial charge in [-0.2, -0.15) is 0 Å². The average molecular weight is 383 g/mol. The van der Waals surface area contributed by atoms with Crippen molar-refractivity contribution in [1.82, 2.24) is 13.9 Å². The van der Waals surface area contributed by atoms with Crippen LogP contribution in [0.4, 0.5) is 5.69 Å². The van der Waals surface area contributed by atoms with Crippen molar-refractivity contribution < 1.29 is 13.2 Å². The van der Waals surface area contributed by atoms with Crippen LogP contribution in [0.5, 0.6) is 0 Å². The summed E-state index contributed by atoms with van der Waals surface area (Å²) in [6.45, 7) is 3.60. The van der Waals surface area contributed by atoms with Gasteiger partial charge >= 0.3 is 0 Å². The first-order chi connectivity index (χ1) is 11.6. The van der Waals surface area contributed by atoms with E-state index in [0.717, 1.165) is 15.0 Å². The number of aromatic nitrogens is 2. The molecule has 1 heterocycles. The Hall–Kier alpha value is -1.84. The van der Waals surface area contributed by atoms with Gasteiger partial charge in [0.05, 0.1) is 10.1 Å². The molecule has 1 unspecified atom stereocenters. The van der Waals surface area contributed by atoms with Crippen molar-refractivity contribution in [2.24, 2.45) is 7.05 Å². The van der Waals surface area contributed by atoms with E-state index in [4.69, 9.17) is 0 Å². The number of hydrogen-bond donors (Lipinski definition) is 1. The Morgan fingerprint density at radius 2 is 2.04 bits per heavy atom. The summed E-state index contributed by atoms with van der Waals surface area (Å²) in [5.41, 5.74) is 1.28. The van der Waals surface area contributed by atoms with Gasteiger partial charge in [0.2, 0.25) is 15.9 Å². The van der Waals surface area contributed by atoms with E-state index in [1.165, 1.54) is 38.0 Å². The lowest BCUT2D eigenvalue weighted by Gasteiger charge is -2.16. The summed E-state index contributed by atoms with van der Waals surface area (Å²) in [6.07, 6.45) is 3.49. The van der Waals surface area contributed by atoms with Crippen molar-refractivity contribution in [1.29, 1.82) is 0 Å². The molecule has 2 aromatic rings. The highest BCUT2D eigenvalue weighted by atomic mass is 32.2. The Labute approximate surface area is 152 Å². The highest BCUT2D eigenvalue weighted by Crippen LogP contribution is 2.25. The van der Waals surface area contributed by atoms with Gasteiger partial charge in [0.15, 0.2) is 5.16 Å². The van der Waals surface area contributed by atoms with Crippen LogP contribution in [0, 0.1) is 6.92 Å². The Morgan fingerprint density at radius 3 is 2.60 bits per heavy atom. The zero-order valence-corrected chi connectivity index (χ0v) is 16.5. The van der Waals surface area contributed by atoms with Crippen molar-refractivity contribution in [3.05, 3.63) is 36.2 Å². The Kier molecular flexibility index (Phi) is 5.91. The Morgan fingerprint density at radius 1 is 1.36 bits per heavy atom. The van der Waals surface area contributed by atoms with Gasteiger partial charge in [-0.15, -0.1) is 0 Å². The number of hydrogen-bond acceptors (Lipinski definition) is 5. The lowest BCUT2D eigenvalue weighted by Crippen LogP contribution is -2.24. The molecule has 0 aliphatic heterocycles. The number of amides is 1. The minimum absolute atomic E-state index is 0.141. The molecule has 0 fully saturated rings. The number of nitrogens with zero attached hydrogens (tertiary/aromatic N) is 3. The predicted octanol–water partition coefficient (Wildman–Crippen LogP) is 2.10. The van der Waals surface area contributed by atoms with E-state index in [2.05, 4.69) is 10.3 Å². The van der Waals surface area contributed by atoms with Crippen LogP contribution >= 0.6 is 11.8 Å². The van der Waals surface area contributed by atoms with Crippen LogP contribution in [0.15, 0.2) is 40.6 Å². The molecular weight excluding hydrogens is 360 g/mol. The van der Waals surface area contributed by atoms with Gasteiger partial charge in [0.1, 0.15) is 0 Å². The summed E-state index contributed by atoms with van der Waals surface area (Å²) in [5, 5.41) is 3.17. The van der Waals surface area contributed by atoms with E-state index < -0.39 is 10.0 Å². The summed E-state index contributed by atoms with van der Waals surface area (Å²) in [4.78, 5) is 16.8. The van der Waals surface area contributed by atoms with Crippen molar-refractivity contribution in [3.8, 4) is 0 Å². The van der Waals surface area contributed by atoms with Crippen LogP contribution in [0.25, 0.3) is 0 Å². The molecule has 1 N–H and O–H groups in total. The van der Waals surface area contributed by atoms with Crippen LogP contribution in [0.1, 0.15) is 12.5 Å². The topological polar surface area (TPSA) is 84.3 Å². The molecule has 0 spiro atoms. The van der Waals surface area contributed by atoms with Gasteiger partial charge < -0.3 is 9.88 Å². The molecule has 0 bridgehead atoms. The number of carbonyl (C=O) groups excluding carboxylic acids is 1. The number of carbonyl (C=O) groups is 1. The Balaban J connectivity index is 2.19. The summed E-state index contributed by atoms with van der Waals surface area (Å²) in [7, 11) is 1.25. The van der Waals surface area contributed by atoms with Crippen LogP contribution < -0.4 is 5.32 Å². The fraction of sp³-hybridized carbons (Fsp3) is 0.375. The van der Waals surface area contributed by atoms with Gasteiger partial charge in [0.25, 0.3) is 0 Å². The third kappa shape index (κ3) is 4.42. The maximum absolute atomic E-state index is 12.5. The molecule has 25 heavy (non-hydrogen) atoms. The molecule has 9 heteroatoms. The second-order valence-corrected chi connectivity index (χ2v) is 9.29. The number of nitrogens with one attached hydrogen (secondary N) is 1. The standard InChI is InChI=1S/C16H22N4O3S2/c1-11-6-7-13(25(22,23)19(3)4)10-14(11)18-15(21)12(2)24-16-17-8-9-20(16)5/h6-10,12H,1-5H3,(H,18,21). The molecule has 7 nitrogen and oxygen atoms in total. The van der Waals surface area contributed by atoms with Crippen molar-refractivity contribution in [2.75, 3.05) is 19.4 Å². The lowest BCUT2D eigenvalue weighted by molar-refractivity contribution is -0.115. The summed E-state index contributed by atoms with van der Waals surface area (Å²) >= 11 is 1.34. The van der Waals surface area contributed by atoms with Crippen molar-refractivity contribution >= 4 is 33.4 Å². The largest absolute Gasteiger partial charge is 0.329 e. The highest BCUT2D eigenvalue weighted by molar-refractivity contribution is 8.00. The zero-order valence-electron chi connectivity index (χ0n) is 14.8. The number of sulfonamides is 1. The van der Waals surface area contributed by atoms with Crippen LogP contribution in [-0.2, 0) is 21.9 Å². The fourth-order valence-corrected chi connectivity index (χ4v) is 3.78. The molecule has 0 radical (unpaired) electrons. The van der Waals surface area contributed by atoms with Gasteiger partial charge in [0, 0.05) is 39.2 Å². The normalized spacial score (nSPS) is 13.0. The number of anilines is 1. The monoisotopic (exact) mass is 382 g/mol. The van der Waals surface area contributed by atoms with E-state index >= 15 is 0 Å². The third-order valence-corrected chi connectivity index (χ3v) is 6.66. The average Bonchev–Trinajstić information content (AvgIpc) is 2.94. The molecule has 0 aliphatic rings. The Bertz CT molecular complexity index is 875. The minimum atomic E-state index is -3.56. The number of imidazole rings is 1. The molecule has 1 aromatic heterocycles. The second-order valence-electron chi connectivity index (χ2n) is 5.83. The molecule has 0 saturated carbocycles. The quantitative estimate of drug-likeness (QED) is 0.774. The van der Waals surface area contributed by atoms with E-state index in [1.807, 2.05) is 24.7 Å². The highest BCUT2D eigenvalue weighted by Gasteiger charge is 2.21. The van der Waals surface area contributed by atoms with Gasteiger partial charge in [-0.05, 0) is 31.5 Å². The second kappa shape index (κ2) is 7.59. The van der Waals surface area contributed by atoms with Crippen LogP contribution in [-0.4, -0.2) is 47.5 Å². The molecular formula is C16H22N4O3S2. The number of rotatable bonds is 6. The summed E-state index contributed by atoms with van der Waals surface area (Å²) in [6, 6.07) is 4.70. The number of benzene rings is 1.